The van der Waals surface area contributed by atoms with Crippen molar-refractivity contribution in [2.24, 2.45) is 0 Å². The van der Waals surface area contributed by atoms with Gasteiger partial charge in [0.1, 0.15) is 18.2 Å². The van der Waals surface area contributed by atoms with Crippen LogP contribution in [0.1, 0.15) is 57.2 Å². The lowest BCUT2D eigenvalue weighted by atomic mass is 10.00. The van der Waals surface area contributed by atoms with Crippen molar-refractivity contribution < 1.29 is 23.9 Å². The normalized spacial score (nSPS) is 15.7. The largest absolute Gasteiger partial charge is 0.445 e. The Kier molecular flexibility index (Phi) is 12.0. The highest BCUT2D eigenvalue weighted by molar-refractivity contribution is 5.86. The number of rotatable bonds is 12. The number of benzene rings is 2. The highest BCUT2D eigenvalue weighted by atomic mass is 16.6. The van der Waals surface area contributed by atoms with Crippen molar-refractivity contribution in [2.75, 3.05) is 31.1 Å². The molecular weight excluding hydrogens is 532 g/mol. The molecule has 0 radical (unpaired) electrons. The standard InChI is InChI=1S/C33H44N4O5/c1-6-8-18-28(35-31(39)41-24-25-14-11-10-12-15-25)26-16-13-17-27(22-26)37-21-20-36(32(40)42-33(3,4)5)23-29(37)30(38)34-19-9-7-2/h6-7,10-17,22,28-29H,1-2,8-9,18-21,23-24H2,3-5H3,(H,34,38)(H,35,39)/t28-,29-/m0/s1. The first-order valence-corrected chi connectivity index (χ1v) is 14.4. The third-order valence-electron chi connectivity index (χ3n) is 6.75. The monoisotopic (exact) mass is 576 g/mol. The van der Waals surface area contributed by atoms with Crippen molar-refractivity contribution in [1.29, 1.82) is 0 Å². The van der Waals surface area contributed by atoms with Gasteiger partial charge in [0.05, 0.1) is 12.6 Å². The van der Waals surface area contributed by atoms with E-state index in [1.807, 2.05) is 86.3 Å². The Hall–Kier alpha value is -4.27. The molecule has 2 N–H and O–H groups in total. The van der Waals surface area contributed by atoms with E-state index in [0.29, 0.717) is 38.9 Å². The lowest BCUT2D eigenvalue weighted by molar-refractivity contribution is -0.123. The molecule has 0 aromatic heterocycles. The SMILES string of the molecule is C=CCCNC(=O)[C@@H]1CN(C(=O)OC(C)(C)C)CCN1c1cccc([C@H](CCC=C)NC(=O)OCc2ccccc2)c1. The second kappa shape index (κ2) is 15.7. The van der Waals surface area contributed by atoms with E-state index in [9.17, 15) is 14.4 Å². The number of ether oxygens (including phenoxy) is 2. The van der Waals surface area contributed by atoms with Crippen LogP contribution in [0, 0.1) is 0 Å². The lowest BCUT2D eigenvalue weighted by Crippen LogP contribution is -2.60. The lowest BCUT2D eigenvalue weighted by Gasteiger charge is -2.42. The fourth-order valence-corrected chi connectivity index (χ4v) is 4.66. The molecule has 9 nitrogen and oxygen atoms in total. The summed E-state index contributed by atoms with van der Waals surface area (Å²) in [5.74, 6) is -0.179. The number of hydrogen-bond donors (Lipinski definition) is 2. The first-order valence-electron chi connectivity index (χ1n) is 14.4. The molecule has 1 heterocycles. The summed E-state index contributed by atoms with van der Waals surface area (Å²) in [6.45, 7) is 14.7. The number of nitrogens with zero attached hydrogens (tertiary/aromatic N) is 2. The minimum atomic E-state index is -0.639. The quantitative estimate of drug-likeness (QED) is 0.247. The van der Waals surface area contributed by atoms with Gasteiger partial charge < -0.3 is 29.9 Å². The van der Waals surface area contributed by atoms with E-state index in [2.05, 4.69) is 23.8 Å². The summed E-state index contributed by atoms with van der Waals surface area (Å²) in [5.41, 5.74) is 1.97. The van der Waals surface area contributed by atoms with E-state index in [1.165, 1.54) is 0 Å². The van der Waals surface area contributed by atoms with E-state index in [-0.39, 0.29) is 25.1 Å². The number of allylic oxidation sites excluding steroid dienone is 1. The van der Waals surface area contributed by atoms with E-state index in [4.69, 9.17) is 9.47 Å². The Bertz CT molecular complexity index is 1210. The number of carbonyl (C=O) groups is 3. The number of amides is 3. The van der Waals surface area contributed by atoms with E-state index < -0.39 is 23.8 Å². The summed E-state index contributed by atoms with van der Waals surface area (Å²) in [5, 5.41) is 5.96. The summed E-state index contributed by atoms with van der Waals surface area (Å²) in [7, 11) is 0. The van der Waals surface area contributed by atoms with Crippen molar-refractivity contribution in [2.45, 2.75) is 64.3 Å². The van der Waals surface area contributed by atoms with E-state index >= 15 is 0 Å². The predicted molar refractivity (Wildman–Crippen MR) is 165 cm³/mol. The fourth-order valence-electron chi connectivity index (χ4n) is 4.66. The Morgan fingerprint density at radius 1 is 1.02 bits per heavy atom. The number of anilines is 1. The van der Waals surface area contributed by atoms with Gasteiger partial charge in [-0.05, 0) is 63.3 Å². The maximum absolute atomic E-state index is 13.4. The predicted octanol–water partition coefficient (Wildman–Crippen LogP) is 5.74. The first-order chi connectivity index (χ1) is 20.1. The van der Waals surface area contributed by atoms with Crippen LogP contribution in [0.4, 0.5) is 15.3 Å². The van der Waals surface area contributed by atoms with Gasteiger partial charge in [0, 0.05) is 25.3 Å². The minimum Gasteiger partial charge on any atom is -0.445 e. The summed E-state index contributed by atoms with van der Waals surface area (Å²) >= 11 is 0. The molecule has 226 valence electrons. The summed E-state index contributed by atoms with van der Waals surface area (Å²) in [6.07, 6.45) is 4.57. The van der Waals surface area contributed by atoms with Gasteiger partial charge in [-0.15, -0.1) is 13.2 Å². The molecule has 0 unspecified atom stereocenters. The average Bonchev–Trinajstić information content (AvgIpc) is 2.97. The Morgan fingerprint density at radius 2 is 1.76 bits per heavy atom. The second-order valence-electron chi connectivity index (χ2n) is 11.2. The van der Waals surface area contributed by atoms with Gasteiger partial charge >= 0.3 is 12.2 Å². The maximum atomic E-state index is 13.4. The number of alkyl carbamates (subject to hydrolysis) is 1. The van der Waals surface area contributed by atoms with E-state index in [0.717, 1.165) is 16.8 Å². The molecule has 1 fully saturated rings. The molecule has 2 atom stereocenters. The number of nitrogens with one attached hydrogen (secondary N) is 2. The van der Waals surface area contributed by atoms with Gasteiger partial charge in [0.2, 0.25) is 5.91 Å². The molecule has 0 spiro atoms. The minimum absolute atomic E-state index is 0.172. The van der Waals surface area contributed by atoms with Gasteiger partial charge in [-0.1, -0.05) is 54.6 Å². The molecule has 3 amide bonds. The van der Waals surface area contributed by atoms with Crippen LogP contribution in [-0.2, 0) is 20.9 Å². The van der Waals surface area contributed by atoms with Crippen molar-refractivity contribution in [3.8, 4) is 0 Å². The van der Waals surface area contributed by atoms with Gasteiger partial charge in [0.25, 0.3) is 0 Å². The topological polar surface area (TPSA) is 100 Å². The maximum Gasteiger partial charge on any atom is 0.410 e. The third kappa shape index (κ3) is 9.98. The van der Waals surface area contributed by atoms with Crippen molar-refractivity contribution in [1.82, 2.24) is 15.5 Å². The molecule has 2 aromatic carbocycles. The summed E-state index contributed by atoms with van der Waals surface area (Å²) in [6, 6.07) is 16.3. The molecule has 42 heavy (non-hydrogen) atoms. The molecule has 1 aliphatic heterocycles. The van der Waals surface area contributed by atoms with Crippen LogP contribution in [-0.4, -0.2) is 60.8 Å². The zero-order valence-corrected chi connectivity index (χ0v) is 25.0. The Morgan fingerprint density at radius 3 is 2.45 bits per heavy atom. The van der Waals surface area contributed by atoms with Gasteiger partial charge in [0.15, 0.2) is 0 Å². The molecule has 0 aliphatic carbocycles. The highest BCUT2D eigenvalue weighted by Crippen LogP contribution is 2.28. The molecule has 0 bridgehead atoms. The number of carbonyl (C=O) groups excluding carboxylic acids is 3. The van der Waals surface area contributed by atoms with Crippen LogP contribution in [0.15, 0.2) is 79.9 Å². The van der Waals surface area contributed by atoms with Crippen LogP contribution in [0.25, 0.3) is 0 Å². The van der Waals surface area contributed by atoms with Gasteiger partial charge in [-0.2, -0.15) is 0 Å². The zero-order valence-electron chi connectivity index (χ0n) is 25.0. The third-order valence-corrected chi connectivity index (χ3v) is 6.75. The van der Waals surface area contributed by atoms with Gasteiger partial charge in [-0.3, -0.25) is 4.79 Å². The molecule has 0 saturated carbocycles. The Balaban J connectivity index is 1.79. The van der Waals surface area contributed by atoms with Crippen molar-refractivity contribution in [3.05, 3.63) is 91.0 Å². The summed E-state index contributed by atoms with van der Waals surface area (Å²) in [4.78, 5) is 42.5. The van der Waals surface area contributed by atoms with Crippen molar-refractivity contribution in [3.63, 3.8) is 0 Å². The van der Waals surface area contributed by atoms with Crippen LogP contribution < -0.4 is 15.5 Å². The molecule has 3 rings (SSSR count). The molecular formula is C33H44N4O5. The zero-order chi connectivity index (χ0) is 30.5. The summed E-state index contributed by atoms with van der Waals surface area (Å²) < 4.78 is 11.1. The number of piperazine rings is 1. The van der Waals surface area contributed by atoms with E-state index in [1.54, 1.807) is 11.0 Å². The molecule has 9 heteroatoms. The fraction of sp³-hybridized carbons (Fsp3) is 0.424. The van der Waals surface area contributed by atoms with Crippen LogP contribution in [0.5, 0.6) is 0 Å². The Labute approximate surface area is 249 Å². The molecule has 2 aromatic rings. The second-order valence-corrected chi connectivity index (χ2v) is 11.2. The van der Waals surface area contributed by atoms with Gasteiger partial charge in [-0.25, -0.2) is 9.59 Å². The van der Waals surface area contributed by atoms with Crippen LogP contribution in [0.3, 0.4) is 0 Å². The number of hydrogen-bond acceptors (Lipinski definition) is 6. The van der Waals surface area contributed by atoms with Crippen LogP contribution >= 0.6 is 0 Å². The van der Waals surface area contributed by atoms with Crippen LogP contribution in [0.2, 0.25) is 0 Å². The smallest absolute Gasteiger partial charge is 0.410 e. The van der Waals surface area contributed by atoms with Crippen molar-refractivity contribution >= 4 is 23.8 Å². The first kappa shape index (κ1) is 32.2. The molecule has 1 aliphatic rings. The molecule has 1 saturated heterocycles. The highest BCUT2D eigenvalue weighted by Gasteiger charge is 2.36. The average molecular weight is 577 g/mol.